The number of aromatic nitrogens is 2. The van der Waals surface area contributed by atoms with Gasteiger partial charge in [-0.25, -0.2) is 13.4 Å². The third-order valence-electron chi connectivity index (χ3n) is 6.85. The summed E-state index contributed by atoms with van der Waals surface area (Å²) >= 11 is 6.02. The van der Waals surface area contributed by atoms with Crippen LogP contribution in [0, 0.1) is 0 Å². The van der Waals surface area contributed by atoms with E-state index in [4.69, 9.17) is 11.6 Å². The first-order chi connectivity index (χ1) is 16.8. The number of carbonyl (C=O) groups is 1. The number of pyridine rings is 1. The fourth-order valence-electron chi connectivity index (χ4n) is 4.78. The molecule has 0 unspecified atom stereocenters. The number of anilines is 1. The second-order valence-corrected chi connectivity index (χ2v) is 11.5. The smallest absolute Gasteiger partial charge is 0.223 e. The van der Waals surface area contributed by atoms with E-state index in [2.05, 4.69) is 20.4 Å². The van der Waals surface area contributed by atoms with Crippen molar-refractivity contribution in [2.45, 2.75) is 30.2 Å². The number of halogens is 1. The van der Waals surface area contributed by atoms with Gasteiger partial charge in [-0.1, -0.05) is 29.8 Å². The quantitative estimate of drug-likeness (QED) is 0.383. The first-order valence-corrected chi connectivity index (χ1v) is 13.7. The molecule has 0 atom stereocenters. The summed E-state index contributed by atoms with van der Waals surface area (Å²) in [4.78, 5) is 21.5. The van der Waals surface area contributed by atoms with Crippen molar-refractivity contribution in [3.05, 3.63) is 72.0 Å². The molecule has 1 aliphatic rings. The molecule has 0 spiro atoms. The molecular formula is C26H27ClN4O3S. The van der Waals surface area contributed by atoms with E-state index in [-0.39, 0.29) is 29.0 Å². The number of hydrogen-bond acceptors (Lipinski definition) is 5. The molecule has 0 bridgehead atoms. The number of fused-ring (bicyclic) bond motifs is 2. The van der Waals surface area contributed by atoms with Gasteiger partial charge in [0.15, 0.2) is 9.84 Å². The molecule has 182 valence electrons. The molecule has 2 aromatic heterocycles. The summed E-state index contributed by atoms with van der Waals surface area (Å²) in [6, 6.07) is 16.5. The topological polar surface area (TPSA) is 75.0 Å². The van der Waals surface area contributed by atoms with Gasteiger partial charge in [0.2, 0.25) is 5.91 Å². The minimum Gasteiger partial charge on any atom is -0.358 e. The van der Waals surface area contributed by atoms with Gasteiger partial charge in [-0.05, 0) is 60.0 Å². The molecule has 4 aromatic rings. The maximum Gasteiger partial charge on any atom is 0.223 e. The normalized spacial score (nSPS) is 15.1. The Balaban J connectivity index is 1.19. The Bertz CT molecular complexity index is 1490. The molecule has 1 amide bonds. The predicted octanol–water partition coefficient (Wildman–Crippen LogP) is 4.43. The molecular weight excluding hydrogens is 484 g/mol. The van der Waals surface area contributed by atoms with E-state index < -0.39 is 9.84 Å². The minimum atomic E-state index is -3.58. The van der Waals surface area contributed by atoms with Crippen molar-refractivity contribution < 1.29 is 13.2 Å². The Morgan fingerprint density at radius 3 is 2.63 bits per heavy atom. The number of sulfone groups is 1. The van der Waals surface area contributed by atoms with Crippen LogP contribution in [0.3, 0.4) is 0 Å². The molecule has 1 aliphatic heterocycles. The summed E-state index contributed by atoms with van der Waals surface area (Å²) in [5, 5.41) is 2.28. The second kappa shape index (κ2) is 9.51. The number of piperidine rings is 1. The van der Waals surface area contributed by atoms with E-state index in [0.29, 0.717) is 5.02 Å². The van der Waals surface area contributed by atoms with Gasteiger partial charge >= 0.3 is 0 Å². The van der Waals surface area contributed by atoms with Crippen molar-refractivity contribution in [1.29, 1.82) is 0 Å². The van der Waals surface area contributed by atoms with Gasteiger partial charge < -0.3 is 9.80 Å². The number of imidazole rings is 1. The lowest BCUT2D eigenvalue weighted by atomic mass is 10.0. The lowest BCUT2D eigenvalue weighted by molar-refractivity contribution is -0.131. The van der Waals surface area contributed by atoms with E-state index in [0.717, 1.165) is 48.2 Å². The molecule has 5 rings (SSSR count). The molecule has 0 radical (unpaired) electrons. The highest BCUT2D eigenvalue weighted by Crippen LogP contribution is 2.25. The lowest BCUT2D eigenvalue weighted by Gasteiger charge is -2.38. The molecule has 2 aromatic carbocycles. The van der Waals surface area contributed by atoms with Gasteiger partial charge in [0.05, 0.1) is 10.6 Å². The van der Waals surface area contributed by atoms with Crippen LogP contribution < -0.4 is 4.90 Å². The SMILES string of the molecule is CN(C(=O)CCS(=O)(=O)c1ccc2cc(Cl)ccc2c1)C1CCN(c2cccc3nccn23)CC1. The van der Waals surface area contributed by atoms with E-state index in [9.17, 15) is 13.2 Å². The molecule has 0 aliphatic carbocycles. The third-order valence-corrected chi connectivity index (χ3v) is 8.80. The van der Waals surface area contributed by atoms with Gasteiger partial charge in [0.25, 0.3) is 0 Å². The molecule has 3 heterocycles. The number of rotatable bonds is 6. The predicted molar refractivity (Wildman–Crippen MR) is 139 cm³/mol. The first kappa shape index (κ1) is 23.6. The van der Waals surface area contributed by atoms with Crippen LogP contribution in [0.25, 0.3) is 16.4 Å². The Kier molecular flexibility index (Phi) is 6.42. The van der Waals surface area contributed by atoms with E-state index in [1.165, 1.54) is 0 Å². The van der Waals surface area contributed by atoms with Crippen LogP contribution >= 0.6 is 11.6 Å². The summed E-state index contributed by atoms with van der Waals surface area (Å²) in [6.45, 7) is 1.64. The minimum absolute atomic E-state index is 0.0357. The fourth-order valence-corrected chi connectivity index (χ4v) is 6.22. The number of nitrogens with zero attached hydrogens (tertiary/aromatic N) is 4. The van der Waals surface area contributed by atoms with Crippen LogP contribution in [0.2, 0.25) is 5.02 Å². The standard InChI is InChI=1S/C26H27ClN4O3S/c1-29(22-9-13-30(14-10-22)25-4-2-3-24-28-12-15-31(24)25)26(32)11-16-35(33,34)23-8-6-19-17-21(27)7-5-20(19)18-23/h2-8,12,15,17-18,22H,9-11,13-14,16H2,1H3. The molecule has 9 heteroatoms. The Morgan fingerprint density at radius 2 is 1.83 bits per heavy atom. The maximum atomic E-state index is 12.9. The Morgan fingerprint density at radius 1 is 1.09 bits per heavy atom. The van der Waals surface area contributed by atoms with Crippen LogP contribution in [0.1, 0.15) is 19.3 Å². The maximum absolute atomic E-state index is 12.9. The molecule has 0 N–H and O–H groups in total. The van der Waals surface area contributed by atoms with Crippen LogP contribution in [-0.2, 0) is 14.6 Å². The van der Waals surface area contributed by atoms with Crippen molar-refractivity contribution >= 4 is 49.6 Å². The zero-order valence-corrected chi connectivity index (χ0v) is 21.0. The molecule has 0 saturated carbocycles. The highest BCUT2D eigenvalue weighted by Gasteiger charge is 2.27. The van der Waals surface area contributed by atoms with Crippen LogP contribution in [0.4, 0.5) is 5.82 Å². The van der Waals surface area contributed by atoms with Gasteiger partial charge in [-0.15, -0.1) is 0 Å². The van der Waals surface area contributed by atoms with Gasteiger partial charge in [0.1, 0.15) is 11.5 Å². The highest BCUT2D eigenvalue weighted by atomic mass is 35.5. The van der Waals surface area contributed by atoms with E-state index in [1.807, 2.05) is 18.3 Å². The molecule has 7 nitrogen and oxygen atoms in total. The van der Waals surface area contributed by atoms with Crippen LogP contribution in [-0.4, -0.2) is 60.5 Å². The Hall–Kier alpha value is -3.10. The number of hydrogen-bond donors (Lipinski definition) is 0. The highest BCUT2D eigenvalue weighted by molar-refractivity contribution is 7.91. The van der Waals surface area contributed by atoms with Crippen molar-refractivity contribution in [3.8, 4) is 0 Å². The summed E-state index contributed by atoms with van der Waals surface area (Å²) in [6.07, 6.45) is 5.36. The van der Waals surface area contributed by atoms with Gasteiger partial charge in [0, 0.05) is 50.0 Å². The van der Waals surface area contributed by atoms with Crippen LogP contribution in [0.5, 0.6) is 0 Å². The summed E-state index contributed by atoms with van der Waals surface area (Å²) in [7, 11) is -1.80. The number of benzene rings is 2. The molecule has 1 saturated heterocycles. The monoisotopic (exact) mass is 510 g/mol. The van der Waals surface area contributed by atoms with E-state index in [1.54, 1.807) is 54.5 Å². The fraction of sp³-hybridized carbons (Fsp3) is 0.308. The average molecular weight is 511 g/mol. The summed E-state index contributed by atoms with van der Waals surface area (Å²) < 4.78 is 27.9. The largest absolute Gasteiger partial charge is 0.358 e. The van der Waals surface area contributed by atoms with Crippen molar-refractivity contribution in [2.75, 3.05) is 30.8 Å². The number of carbonyl (C=O) groups excluding carboxylic acids is 1. The Labute approximate surface area is 209 Å². The van der Waals surface area contributed by atoms with Crippen molar-refractivity contribution in [1.82, 2.24) is 14.3 Å². The van der Waals surface area contributed by atoms with Crippen molar-refractivity contribution in [3.63, 3.8) is 0 Å². The van der Waals surface area contributed by atoms with Gasteiger partial charge in [-0.2, -0.15) is 0 Å². The van der Waals surface area contributed by atoms with Crippen molar-refractivity contribution in [2.24, 2.45) is 0 Å². The van der Waals surface area contributed by atoms with E-state index >= 15 is 0 Å². The van der Waals surface area contributed by atoms with Crippen LogP contribution in [0.15, 0.2) is 71.9 Å². The average Bonchev–Trinajstić information content (AvgIpc) is 3.36. The lowest BCUT2D eigenvalue weighted by Crippen LogP contribution is -2.46. The third kappa shape index (κ3) is 4.86. The first-order valence-electron chi connectivity index (χ1n) is 11.7. The second-order valence-electron chi connectivity index (χ2n) is 8.98. The summed E-state index contributed by atoms with van der Waals surface area (Å²) in [5.41, 5.74) is 0.911. The molecule has 1 fully saturated rings. The zero-order chi connectivity index (χ0) is 24.6. The molecule has 35 heavy (non-hydrogen) atoms. The summed E-state index contributed by atoms with van der Waals surface area (Å²) in [5.74, 6) is 0.740. The number of amides is 1. The zero-order valence-electron chi connectivity index (χ0n) is 19.5. The van der Waals surface area contributed by atoms with Gasteiger partial charge in [-0.3, -0.25) is 9.20 Å².